The Hall–Kier alpha value is -3.59. The molecule has 0 atom stereocenters. The topological polar surface area (TPSA) is 78.5 Å². The molecule has 2 aromatic carbocycles. The zero-order chi connectivity index (χ0) is 20.4. The molecule has 0 radical (unpaired) electrons. The Bertz CT molecular complexity index is 872. The van der Waals surface area contributed by atoms with Crippen LogP contribution in [0.4, 0.5) is 5.69 Å². The molecule has 144 valence electrons. The highest BCUT2D eigenvalue weighted by molar-refractivity contribution is 5.99. The highest BCUT2D eigenvalue weighted by atomic mass is 16.2. The van der Waals surface area contributed by atoms with Gasteiger partial charge in [-0.15, -0.1) is 6.42 Å². The molecule has 3 amide bonds. The van der Waals surface area contributed by atoms with Gasteiger partial charge in [0.1, 0.15) is 6.54 Å². The molecule has 2 N–H and O–H groups in total. The number of nitrogens with zero attached hydrogens (tertiary/aromatic N) is 1. The molecule has 0 unspecified atom stereocenters. The van der Waals surface area contributed by atoms with Crippen molar-refractivity contribution >= 4 is 23.4 Å². The summed E-state index contributed by atoms with van der Waals surface area (Å²) in [6.07, 6.45) is 6.07. The number of rotatable bonds is 8. The number of amides is 3. The van der Waals surface area contributed by atoms with Gasteiger partial charge in [0.25, 0.3) is 5.91 Å². The van der Waals surface area contributed by atoms with E-state index >= 15 is 0 Å². The lowest BCUT2D eigenvalue weighted by molar-refractivity contribution is -0.123. The van der Waals surface area contributed by atoms with E-state index < -0.39 is 0 Å². The van der Waals surface area contributed by atoms with Crippen LogP contribution in [0.2, 0.25) is 0 Å². The molecule has 0 aromatic heterocycles. The summed E-state index contributed by atoms with van der Waals surface area (Å²) in [4.78, 5) is 37.9. The van der Waals surface area contributed by atoms with Gasteiger partial charge in [0.2, 0.25) is 11.8 Å². The summed E-state index contributed by atoms with van der Waals surface area (Å²) in [5.41, 5.74) is 1.76. The third kappa shape index (κ3) is 5.99. The normalized spacial score (nSPS) is 9.86. The molecule has 0 saturated carbocycles. The van der Waals surface area contributed by atoms with E-state index in [0.717, 1.165) is 0 Å². The van der Waals surface area contributed by atoms with E-state index in [1.165, 1.54) is 11.9 Å². The third-order valence-electron chi connectivity index (χ3n) is 4.10. The first-order valence-corrected chi connectivity index (χ1v) is 8.96. The molecule has 2 aromatic rings. The van der Waals surface area contributed by atoms with E-state index in [2.05, 4.69) is 16.6 Å². The second-order valence-corrected chi connectivity index (χ2v) is 6.07. The second kappa shape index (κ2) is 10.5. The predicted octanol–water partition coefficient (Wildman–Crippen LogP) is 1.96. The van der Waals surface area contributed by atoms with Crippen molar-refractivity contribution in [1.82, 2.24) is 10.6 Å². The lowest BCUT2D eigenvalue weighted by Crippen LogP contribution is -2.40. The van der Waals surface area contributed by atoms with E-state index in [-0.39, 0.29) is 30.7 Å². The van der Waals surface area contributed by atoms with Crippen molar-refractivity contribution in [3.05, 3.63) is 65.7 Å². The van der Waals surface area contributed by atoms with Crippen LogP contribution in [0.25, 0.3) is 0 Å². The Labute approximate surface area is 164 Å². The van der Waals surface area contributed by atoms with Crippen LogP contribution >= 0.6 is 0 Å². The summed E-state index contributed by atoms with van der Waals surface area (Å²) < 4.78 is 0. The zero-order valence-electron chi connectivity index (χ0n) is 15.8. The molecular formula is C22H23N3O3. The molecule has 2 rings (SSSR count). The summed E-state index contributed by atoms with van der Waals surface area (Å²) in [5.74, 6) is 1.84. The number of likely N-dealkylation sites (N-methyl/N-ethyl adjacent to an activating group) is 1. The predicted molar refractivity (Wildman–Crippen MR) is 109 cm³/mol. The first-order chi connectivity index (χ1) is 13.5. The molecule has 0 bridgehead atoms. The summed E-state index contributed by atoms with van der Waals surface area (Å²) >= 11 is 0. The van der Waals surface area contributed by atoms with Gasteiger partial charge in [-0.3, -0.25) is 14.4 Å². The molecule has 28 heavy (non-hydrogen) atoms. The minimum absolute atomic E-state index is 0.0975. The molecule has 0 saturated heterocycles. The Morgan fingerprint density at radius 2 is 1.82 bits per heavy atom. The largest absolute Gasteiger partial charge is 0.358 e. The molecule has 6 heteroatoms. The fraction of sp³-hybridized carbons (Fsp3) is 0.227. The Balaban J connectivity index is 1.95. The molecule has 0 spiro atoms. The summed E-state index contributed by atoms with van der Waals surface area (Å²) in [7, 11) is 1.52. The van der Waals surface area contributed by atoms with E-state index in [1.807, 2.05) is 6.07 Å². The van der Waals surface area contributed by atoms with Crippen LogP contribution < -0.4 is 15.5 Å². The SMILES string of the molecule is C#Cc1cccc(N(CC(=O)NC)C(=O)CCCNC(=O)c2ccccc2)c1. The fourth-order valence-electron chi connectivity index (χ4n) is 2.58. The Morgan fingerprint density at radius 3 is 2.50 bits per heavy atom. The summed E-state index contributed by atoms with van der Waals surface area (Å²) in [6.45, 7) is 0.261. The molecule has 0 heterocycles. The maximum atomic E-state index is 12.7. The van der Waals surface area contributed by atoms with Crippen molar-refractivity contribution in [2.45, 2.75) is 12.8 Å². The highest BCUT2D eigenvalue weighted by Crippen LogP contribution is 2.17. The summed E-state index contributed by atoms with van der Waals surface area (Å²) in [5, 5.41) is 5.31. The smallest absolute Gasteiger partial charge is 0.251 e. The highest BCUT2D eigenvalue weighted by Gasteiger charge is 2.18. The van der Waals surface area contributed by atoms with Gasteiger partial charge in [0.15, 0.2) is 0 Å². The number of terminal acetylenes is 1. The van der Waals surface area contributed by atoms with Crippen LogP contribution in [0.1, 0.15) is 28.8 Å². The van der Waals surface area contributed by atoms with E-state index in [4.69, 9.17) is 6.42 Å². The van der Waals surface area contributed by atoms with Crippen molar-refractivity contribution < 1.29 is 14.4 Å². The van der Waals surface area contributed by atoms with E-state index in [0.29, 0.717) is 29.8 Å². The molecule has 6 nitrogen and oxygen atoms in total. The first-order valence-electron chi connectivity index (χ1n) is 8.96. The fourth-order valence-corrected chi connectivity index (χ4v) is 2.58. The molecule has 0 aliphatic carbocycles. The minimum atomic E-state index is -0.281. The lowest BCUT2D eigenvalue weighted by atomic mass is 10.1. The second-order valence-electron chi connectivity index (χ2n) is 6.07. The van der Waals surface area contributed by atoms with Gasteiger partial charge < -0.3 is 15.5 Å². The van der Waals surface area contributed by atoms with Crippen LogP contribution in [0.5, 0.6) is 0 Å². The monoisotopic (exact) mass is 377 g/mol. The maximum absolute atomic E-state index is 12.7. The minimum Gasteiger partial charge on any atom is -0.358 e. The van der Waals surface area contributed by atoms with Gasteiger partial charge >= 0.3 is 0 Å². The van der Waals surface area contributed by atoms with Crippen molar-refractivity contribution in [1.29, 1.82) is 0 Å². The summed E-state index contributed by atoms with van der Waals surface area (Å²) in [6, 6.07) is 15.8. The number of benzene rings is 2. The number of anilines is 1. The lowest BCUT2D eigenvalue weighted by Gasteiger charge is -2.22. The molecule has 0 aliphatic heterocycles. The zero-order valence-corrected chi connectivity index (χ0v) is 15.8. The van der Waals surface area contributed by atoms with Gasteiger partial charge in [-0.1, -0.05) is 30.2 Å². The van der Waals surface area contributed by atoms with Crippen molar-refractivity contribution in [3.8, 4) is 12.3 Å². The maximum Gasteiger partial charge on any atom is 0.251 e. The van der Waals surface area contributed by atoms with E-state index in [9.17, 15) is 14.4 Å². The average Bonchev–Trinajstić information content (AvgIpc) is 2.75. The van der Waals surface area contributed by atoms with Crippen LogP contribution in [0.15, 0.2) is 54.6 Å². The van der Waals surface area contributed by atoms with Gasteiger partial charge in [0, 0.05) is 36.8 Å². The Kier molecular flexibility index (Phi) is 7.79. The average molecular weight is 377 g/mol. The molecule has 0 aliphatic rings. The van der Waals surface area contributed by atoms with Crippen molar-refractivity contribution in [3.63, 3.8) is 0 Å². The molecular weight excluding hydrogens is 354 g/mol. The van der Waals surface area contributed by atoms with Crippen LogP contribution in [-0.4, -0.2) is 37.9 Å². The number of hydrogen-bond donors (Lipinski definition) is 2. The number of carbonyl (C=O) groups excluding carboxylic acids is 3. The van der Waals surface area contributed by atoms with Crippen LogP contribution in [-0.2, 0) is 9.59 Å². The van der Waals surface area contributed by atoms with Crippen LogP contribution in [0.3, 0.4) is 0 Å². The number of nitrogens with one attached hydrogen (secondary N) is 2. The first kappa shape index (κ1) is 20.7. The standard InChI is InChI=1S/C22H23N3O3/c1-3-17-9-7-12-19(15-17)25(16-20(26)23-2)21(27)13-8-14-24-22(28)18-10-5-4-6-11-18/h1,4-7,9-12,15H,8,13-14,16H2,2H3,(H,23,26)(H,24,28). The Morgan fingerprint density at radius 1 is 1.07 bits per heavy atom. The van der Waals surface area contributed by atoms with Crippen molar-refractivity contribution in [2.75, 3.05) is 25.0 Å². The van der Waals surface area contributed by atoms with Gasteiger partial charge in [0.05, 0.1) is 0 Å². The third-order valence-corrected chi connectivity index (χ3v) is 4.10. The van der Waals surface area contributed by atoms with Crippen LogP contribution in [0, 0.1) is 12.3 Å². The van der Waals surface area contributed by atoms with Crippen molar-refractivity contribution in [2.24, 2.45) is 0 Å². The van der Waals surface area contributed by atoms with Gasteiger partial charge in [-0.25, -0.2) is 0 Å². The van der Waals surface area contributed by atoms with Gasteiger partial charge in [-0.05, 0) is 36.8 Å². The van der Waals surface area contributed by atoms with E-state index in [1.54, 1.807) is 48.5 Å². The number of hydrogen-bond acceptors (Lipinski definition) is 3. The quantitative estimate of drug-likeness (QED) is 0.545. The van der Waals surface area contributed by atoms with Gasteiger partial charge in [-0.2, -0.15) is 0 Å². The number of carbonyl (C=O) groups is 3. The molecule has 0 fully saturated rings.